The largest absolute Gasteiger partial charge is 0.465 e. The molecule has 9 heteroatoms. The average molecular weight is 391 g/mol. The summed E-state index contributed by atoms with van der Waals surface area (Å²) in [5.74, 6) is -1.52. The maximum atomic E-state index is 12.1. The van der Waals surface area contributed by atoms with E-state index in [1.54, 1.807) is 30.0 Å². The van der Waals surface area contributed by atoms with Gasteiger partial charge in [0, 0.05) is 19.1 Å². The van der Waals surface area contributed by atoms with Crippen molar-refractivity contribution in [2.45, 2.75) is 32.2 Å². The first-order valence-electron chi connectivity index (χ1n) is 9.12. The van der Waals surface area contributed by atoms with Gasteiger partial charge in [-0.05, 0) is 31.9 Å². The van der Waals surface area contributed by atoms with Crippen LogP contribution < -0.4 is 10.6 Å². The highest BCUT2D eigenvalue weighted by molar-refractivity contribution is 6.06. The first kappa shape index (κ1) is 21.2. The van der Waals surface area contributed by atoms with Crippen molar-refractivity contribution < 1.29 is 28.7 Å². The fraction of sp³-hybridized carbons (Fsp3) is 0.474. The molecule has 1 heterocycles. The van der Waals surface area contributed by atoms with Crippen molar-refractivity contribution in [1.82, 2.24) is 10.2 Å². The van der Waals surface area contributed by atoms with Crippen LogP contribution in [0.4, 0.5) is 10.5 Å². The summed E-state index contributed by atoms with van der Waals surface area (Å²) in [6.45, 7) is 3.05. The zero-order valence-corrected chi connectivity index (χ0v) is 16.0. The number of para-hydroxylation sites is 1. The Hall–Kier alpha value is -3.10. The standard InChI is InChI=1S/C19H25N3O6/c1-3-28-19(26)22-10-8-13(9-11-22)20-16(23)12-17(24)21-15-7-5-4-6-14(15)18(25)27-2/h4-7,13H,3,8-12H2,1-2H3,(H,20,23)(H,21,24). The smallest absolute Gasteiger partial charge is 0.409 e. The Morgan fingerprint density at radius 1 is 1.11 bits per heavy atom. The molecule has 0 saturated carbocycles. The highest BCUT2D eigenvalue weighted by atomic mass is 16.6. The fourth-order valence-corrected chi connectivity index (χ4v) is 2.92. The van der Waals surface area contributed by atoms with Crippen LogP contribution >= 0.6 is 0 Å². The molecule has 0 aliphatic carbocycles. The number of amides is 3. The molecule has 0 bridgehead atoms. The number of hydrogen-bond donors (Lipinski definition) is 2. The van der Waals surface area contributed by atoms with Crippen LogP contribution in [-0.4, -0.2) is 61.6 Å². The summed E-state index contributed by atoms with van der Waals surface area (Å²) < 4.78 is 9.63. The third kappa shape index (κ3) is 5.97. The number of nitrogens with zero attached hydrogens (tertiary/aromatic N) is 1. The number of carbonyl (C=O) groups excluding carboxylic acids is 4. The lowest BCUT2D eigenvalue weighted by molar-refractivity contribution is -0.127. The molecule has 0 unspecified atom stereocenters. The lowest BCUT2D eigenvalue weighted by atomic mass is 10.1. The SMILES string of the molecule is CCOC(=O)N1CCC(NC(=O)CC(=O)Nc2ccccc2C(=O)OC)CC1. The van der Waals surface area contributed by atoms with Crippen molar-refractivity contribution in [2.24, 2.45) is 0 Å². The minimum absolute atomic E-state index is 0.103. The van der Waals surface area contributed by atoms with Gasteiger partial charge in [-0.2, -0.15) is 0 Å². The number of benzene rings is 1. The molecule has 1 aliphatic rings. The van der Waals surface area contributed by atoms with Crippen molar-refractivity contribution >= 4 is 29.6 Å². The number of ether oxygens (including phenoxy) is 2. The monoisotopic (exact) mass is 391 g/mol. The van der Waals surface area contributed by atoms with Gasteiger partial charge in [0.05, 0.1) is 25.0 Å². The average Bonchev–Trinajstić information content (AvgIpc) is 2.68. The zero-order chi connectivity index (χ0) is 20.5. The third-order valence-corrected chi connectivity index (χ3v) is 4.31. The molecule has 0 aromatic heterocycles. The van der Waals surface area contributed by atoms with Crippen LogP contribution in [-0.2, 0) is 19.1 Å². The van der Waals surface area contributed by atoms with Crippen LogP contribution in [0, 0.1) is 0 Å². The summed E-state index contributed by atoms with van der Waals surface area (Å²) in [4.78, 5) is 49.3. The lowest BCUT2D eigenvalue weighted by Gasteiger charge is -2.31. The second-order valence-electron chi connectivity index (χ2n) is 6.29. The van der Waals surface area contributed by atoms with Crippen LogP contribution in [0.1, 0.15) is 36.5 Å². The molecule has 152 valence electrons. The van der Waals surface area contributed by atoms with Gasteiger partial charge in [-0.3, -0.25) is 9.59 Å². The van der Waals surface area contributed by atoms with Crippen molar-refractivity contribution in [2.75, 3.05) is 32.1 Å². The molecule has 0 radical (unpaired) electrons. The maximum absolute atomic E-state index is 12.1. The van der Waals surface area contributed by atoms with E-state index in [1.807, 2.05) is 0 Å². The second-order valence-corrected chi connectivity index (χ2v) is 6.29. The van der Waals surface area contributed by atoms with Crippen LogP contribution in [0.2, 0.25) is 0 Å². The summed E-state index contributed by atoms with van der Waals surface area (Å²) in [6.07, 6.45) is 0.471. The Morgan fingerprint density at radius 3 is 2.43 bits per heavy atom. The summed E-state index contributed by atoms with van der Waals surface area (Å²) in [7, 11) is 1.25. The number of carbonyl (C=O) groups is 4. The van der Waals surface area contributed by atoms with Gasteiger partial charge in [-0.1, -0.05) is 12.1 Å². The van der Waals surface area contributed by atoms with E-state index in [0.29, 0.717) is 32.5 Å². The number of likely N-dealkylation sites (tertiary alicyclic amines) is 1. The highest BCUT2D eigenvalue weighted by Crippen LogP contribution is 2.16. The third-order valence-electron chi connectivity index (χ3n) is 4.31. The van der Waals surface area contributed by atoms with Gasteiger partial charge in [-0.25, -0.2) is 9.59 Å². The van der Waals surface area contributed by atoms with Gasteiger partial charge >= 0.3 is 12.1 Å². The van der Waals surface area contributed by atoms with E-state index in [1.165, 1.54) is 13.2 Å². The number of esters is 1. The molecule has 1 fully saturated rings. The van der Waals surface area contributed by atoms with Crippen molar-refractivity contribution in [3.05, 3.63) is 29.8 Å². The first-order valence-corrected chi connectivity index (χ1v) is 9.12. The Balaban J connectivity index is 1.80. The molecule has 2 N–H and O–H groups in total. The molecular weight excluding hydrogens is 366 g/mol. The predicted molar refractivity (Wildman–Crippen MR) is 101 cm³/mol. The quantitative estimate of drug-likeness (QED) is 0.562. The number of hydrogen-bond acceptors (Lipinski definition) is 6. The van der Waals surface area contributed by atoms with E-state index in [0.717, 1.165) is 0 Å². The molecule has 28 heavy (non-hydrogen) atoms. The van der Waals surface area contributed by atoms with E-state index in [-0.39, 0.29) is 29.8 Å². The van der Waals surface area contributed by atoms with Gasteiger partial charge in [0.2, 0.25) is 11.8 Å². The Bertz CT molecular complexity index is 728. The summed E-state index contributed by atoms with van der Waals surface area (Å²) >= 11 is 0. The summed E-state index contributed by atoms with van der Waals surface area (Å²) in [5.41, 5.74) is 0.500. The molecular formula is C19H25N3O6. The number of nitrogens with one attached hydrogen (secondary N) is 2. The summed E-state index contributed by atoms with van der Waals surface area (Å²) in [5, 5.41) is 5.37. The molecule has 0 spiro atoms. The molecule has 9 nitrogen and oxygen atoms in total. The molecule has 1 aromatic carbocycles. The topological polar surface area (TPSA) is 114 Å². The van der Waals surface area contributed by atoms with Gasteiger partial charge in [0.1, 0.15) is 6.42 Å². The van der Waals surface area contributed by atoms with E-state index in [9.17, 15) is 19.2 Å². The Kier molecular flexibility index (Phi) is 7.79. The van der Waals surface area contributed by atoms with Crippen LogP contribution in [0.25, 0.3) is 0 Å². The molecule has 3 amide bonds. The Morgan fingerprint density at radius 2 is 1.79 bits per heavy atom. The van der Waals surface area contributed by atoms with E-state index < -0.39 is 17.8 Å². The van der Waals surface area contributed by atoms with Crippen LogP contribution in [0.3, 0.4) is 0 Å². The van der Waals surface area contributed by atoms with Gasteiger partial charge in [-0.15, -0.1) is 0 Å². The zero-order valence-electron chi connectivity index (χ0n) is 16.0. The van der Waals surface area contributed by atoms with E-state index >= 15 is 0 Å². The molecule has 1 aliphatic heterocycles. The van der Waals surface area contributed by atoms with Gasteiger partial charge in [0.15, 0.2) is 0 Å². The number of methoxy groups -OCH3 is 1. The van der Waals surface area contributed by atoms with E-state index in [2.05, 4.69) is 15.4 Å². The van der Waals surface area contributed by atoms with Gasteiger partial charge < -0.3 is 25.0 Å². The summed E-state index contributed by atoms with van der Waals surface area (Å²) in [6, 6.07) is 6.30. The molecule has 1 saturated heterocycles. The van der Waals surface area contributed by atoms with Gasteiger partial charge in [0.25, 0.3) is 0 Å². The Labute approximate surface area is 163 Å². The van der Waals surface area contributed by atoms with E-state index in [4.69, 9.17) is 4.74 Å². The van der Waals surface area contributed by atoms with Crippen LogP contribution in [0.5, 0.6) is 0 Å². The molecule has 1 aromatic rings. The number of anilines is 1. The fourth-order valence-electron chi connectivity index (χ4n) is 2.92. The van der Waals surface area contributed by atoms with Crippen molar-refractivity contribution in [1.29, 1.82) is 0 Å². The lowest BCUT2D eigenvalue weighted by Crippen LogP contribution is -2.47. The highest BCUT2D eigenvalue weighted by Gasteiger charge is 2.25. The number of rotatable bonds is 6. The van der Waals surface area contributed by atoms with Crippen molar-refractivity contribution in [3.63, 3.8) is 0 Å². The normalized spacial score (nSPS) is 14.1. The second kappa shape index (κ2) is 10.3. The maximum Gasteiger partial charge on any atom is 0.409 e. The number of piperidine rings is 1. The van der Waals surface area contributed by atoms with Crippen molar-refractivity contribution in [3.8, 4) is 0 Å². The first-order chi connectivity index (χ1) is 13.4. The van der Waals surface area contributed by atoms with Crippen LogP contribution in [0.15, 0.2) is 24.3 Å². The molecule has 2 rings (SSSR count). The molecule has 0 atom stereocenters. The minimum Gasteiger partial charge on any atom is -0.465 e. The predicted octanol–water partition coefficient (Wildman–Crippen LogP) is 1.54. The minimum atomic E-state index is -0.575.